The summed E-state index contributed by atoms with van der Waals surface area (Å²) in [6.45, 7) is 5.44. The zero-order valence-corrected chi connectivity index (χ0v) is 8.20. The number of ketones is 1. The number of carbonyl (C=O) groups is 1. The van der Waals surface area contributed by atoms with E-state index in [1.165, 1.54) is 0 Å². The fraction of sp³-hybridized carbons (Fsp3) is 0.667. The minimum atomic E-state index is 0.0469. The van der Waals surface area contributed by atoms with E-state index in [-0.39, 0.29) is 11.7 Å². The molecule has 0 bridgehead atoms. The van der Waals surface area contributed by atoms with Crippen molar-refractivity contribution in [3.8, 4) is 0 Å². The molecule has 0 fully saturated rings. The normalized spacial score (nSPS) is 12.8. The zero-order chi connectivity index (χ0) is 9.84. The van der Waals surface area contributed by atoms with E-state index in [1.807, 2.05) is 13.8 Å². The van der Waals surface area contributed by atoms with Gasteiger partial charge in [0.25, 0.3) is 0 Å². The van der Waals surface area contributed by atoms with Crippen molar-refractivity contribution in [1.29, 1.82) is 0 Å². The number of rotatable bonds is 4. The van der Waals surface area contributed by atoms with E-state index in [0.29, 0.717) is 6.42 Å². The van der Waals surface area contributed by atoms with Crippen LogP contribution in [-0.4, -0.2) is 16.1 Å². The molecule has 0 aliphatic rings. The first kappa shape index (κ1) is 9.89. The highest BCUT2D eigenvalue weighted by molar-refractivity contribution is 5.78. The molecular weight excluding hydrogens is 168 g/mol. The third kappa shape index (κ3) is 2.37. The number of hydrogen-bond acceptors (Lipinski definition) is 4. The summed E-state index contributed by atoms with van der Waals surface area (Å²) in [6, 6.07) is 0. The fourth-order valence-corrected chi connectivity index (χ4v) is 1.24. The fourth-order valence-electron chi connectivity index (χ4n) is 1.24. The predicted octanol–water partition coefficient (Wildman–Crippen LogP) is 1.54. The lowest BCUT2D eigenvalue weighted by atomic mass is 9.96. The largest absolute Gasteiger partial charge is 0.300 e. The van der Waals surface area contributed by atoms with Crippen LogP contribution in [0.25, 0.3) is 0 Å². The number of nitrogens with zero attached hydrogens (tertiary/aromatic N) is 2. The molecule has 0 radical (unpaired) electrons. The van der Waals surface area contributed by atoms with E-state index >= 15 is 0 Å². The van der Waals surface area contributed by atoms with Crippen LogP contribution in [0, 0.1) is 12.8 Å². The van der Waals surface area contributed by atoms with Crippen LogP contribution in [0.5, 0.6) is 0 Å². The lowest BCUT2D eigenvalue weighted by molar-refractivity contribution is -0.120. The SMILES string of the molecule is CCC(Cc1nonc1C)C(C)=O. The maximum absolute atomic E-state index is 11.1. The third-order valence-corrected chi connectivity index (χ3v) is 2.25. The van der Waals surface area contributed by atoms with E-state index in [1.54, 1.807) is 6.92 Å². The lowest BCUT2D eigenvalue weighted by Gasteiger charge is -2.07. The Morgan fingerprint density at radius 1 is 1.54 bits per heavy atom. The molecule has 72 valence electrons. The van der Waals surface area contributed by atoms with Crippen LogP contribution >= 0.6 is 0 Å². The van der Waals surface area contributed by atoms with Gasteiger partial charge < -0.3 is 0 Å². The summed E-state index contributed by atoms with van der Waals surface area (Å²) in [6.07, 6.45) is 1.48. The molecule has 13 heavy (non-hydrogen) atoms. The Labute approximate surface area is 77.3 Å². The van der Waals surface area contributed by atoms with E-state index in [2.05, 4.69) is 14.9 Å². The third-order valence-electron chi connectivity index (χ3n) is 2.25. The van der Waals surface area contributed by atoms with Crippen molar-refractivity contribution in [1.82, 2.24) is 10.3 Å². The second-order valence-electron chi connectivity index (χ2n) is 3.22. The van der Waals surface area contributed by atoms with E-state index < -0.39 is 0 Å². The maximum atomic E-state index is 11.1. The molecule has 0 saturated carbocycles. The average molecular weight is 182 g/mol. The van der Waals surface area contributed by atoms with Gasteiger partial charge in [0.1, 0.15) is 17.2 Å². The molecular formula is C9H14N2O2. The molecule has 1 rings (SSSR count). The van der Waals surface area contributed by atoms with Crippen LogP contribution in [0.2, 0.25) is 0 Å². The van der Waals surface area contributed by atoms with Crippen molar-refractivity contribution in [3.63, 3.8) is 0 Å². The number of aromatic nitrogens is 2. The van der Waals surface area contributed by atoms with E-state index in [9.17, 15) is 4.79 Å². The molecule has 1 aromatic heterocycles. The van der Waals surface area contributed by atoms with Crippen molar-refractivity contribution in [2.45, 2.75) is 33.6 Å². The highest BCUT2D eigenvalue weighted by Gasteiger charge is 2.16. The molecule has 1 aromatic rings. The highest BCUT2D eigenvalue weighted by Crippen LogP contribution is 2.13. The number of aryl methyl sites for hydroxylation is 1. The Morgan fingerprint density at radius 2 is 2.23 bits per heavy atom. The molecule has 0 saturated heterocycles. The topological polar surface area (TPSA) is 56.0 Å². The van der Waals surface area contributed by atoms with Crippen molar-refractivity contribution in [3.05, 3.63) is 11.4 Å². The quantitative estimate of drug-likeness (QED) is 0.708. The molecule has 0 amide bonds. The van der Waals surface area contributed by atoms with Gasteiger partial charge >= 0.3 is 0 Å². The molecule has 1 unspecified atom stereocenters. The summed E-state index contributed by atoms with van der Waals surface area (Å²) in [5.74, 6) is 0.246. The molecule has 0 aliphatic carbocycles. The summed E-state index contributed by atoms with van der Waals surface area (Å²) in [4.78, 5) is 11.1. The van der Waals surface area contributed by atoms with Crippen LogP contribution in [0.1, 0.15) is 31.7 Å². The molecule has 0 spiro atoms. The number of Topliss-reactive ketones (excluding diaryl/α,β-unsaturated/α-hetero) is 1. The van der Waals surface area contributed by atoms with Crippen LogP contribution in [-0.2, 0) is 11.2 Å². The second-order valence-corrected chi connectivity index (χ2v) is 3.22. The highest BCUT2D eigenvalue weighted by atomic mass is 16.6. The monoisotopic (exact) mass is 182 g/mol. The van der Waals surface area contributed by atoms with Gasteiger partial charge in [-0.05, 0) is 20.3 Å². The van der Waals surface area contributed by atoms with Crippen LogP contribution in [0.4, 0.5) is 0 Å². The molecule has 4 heteroatoms. The van der Waals surface area contributed by atoms with Gasteiger partial charge in [-0.15, -0.1) is 0 Å². The van der Waals surface area contributed by atoms with Gasteiger partial charge in [0.05, 0.1) is 0 Å². The Kier molecular flexibility index (Phi) is 3.17. The molecule has 1 atom stereocenters. The minimum absolute atomic E-state index is 0.0469. The lowest BCUT2D eigenvalue weighted by Crippen LogP contribution is -2.13. The molecule has 0 aliphatic heterocycles. The van der Waals surface area contributed by atoms with E-state index in [0.717, 1.165) is 17.8 Å². The van der Waals surface area contributed by atoms with Crippen LogP contribution < -0.4 is 0 Å². The van der Waals surface area contributed by atoms with Crippen molar-refractivity contribution < 1.29 is 9.42 Å². The Balaban J connectivity index is 2.67. The molecule has 0 N–H and O–H groups in total. The smallest absolute Gasteiger partial charge is 0.133 e. The molecule has 1 heterocycles. The van der Waals surface area contributed by atoms with Crippen LogP contribution in [0.3, 0.4) is 0 Å². The predicted molar refractivity (Wildman–Crippen MR) is 47.2 cm³/mol. The summed E-state index contributed by atoms with van der Waals surface area (Å²) in [5, 5.41) is 7.41. The second kappa shape index (κ2) is 4.16. The van der Waals surface area contributed by atoms with Gasteiger partial charge in [-0.2, -0.15) is 0 Å². The van der Waals surface area contributed by atoms with Gasteiger partial charge in [0.2, 0.25) is 0 Å². The van der Waals surface area contributed by atoms with Gasteiger partial charge in [0, 0.05) is 12.3 Å². The van der Waals surface area contributed by atoms with Gasteiger partial charge in [-0.3, -0.25) is 4.79 Å². The summed E-state index contributed by atoms with van der Waals surface area (Å²) in [5.41, 5.74) is 1.57. The van der Waals surface area contributed by atoms with Crippen molar-refractivity contribution in [2.24, 2.45) is 5.92 Å². The Bertz CT molecular complexity index is 294. The van der Waals surface area contributed by atoms with Crippen LogP contribution in [0.15, 0.2) is 4.63 Å². The zero-order valence-electron chi connectivity index (χ0n) is 8.20. The molecule has 0 aromatic carbocycles. The molecule has 4 nitrogen and oxygen atoms in total. The van der Waals surface area contributed by atoms with E-state index in [4.69, 9.17) is 0 Å². The first-order valence-corrected chi connectivity index (χ1v) is 4.43. The Hall–Kier alpha value is -1.19. The summed E-state index contributed by atoms with van der Waals surface area (Å²) < 4.78 is 4.56. The van der Waals surface area contributed by atoms with Gasteiger partial charge in [0.15, 0.2) is 0 Å². The summed E-state index contributed by atoms with van der Waals surface area (Å²) >= 11 is 0. The minimum Gasteiger partial charge on any atom is -0.300 e. The van der Waals surface area contributed by atoms with Crippen molar-refractivity contribution >= 4 is 5.78 Å². The summed E-state index contributed by atoms with van der Waals surface area (Å²) in [7, 11) is 0. The maximum Gasteiger partial charge on any atom is 0.133 e. The average Bonchev–Trinajstić information content (AvgIpc) is 2.46. The number of hydrogen-bond donors (Lipinski definition) is 0. The standard InChI is InChI=1S/C9H14N2O2/c1-4-8(7(3)12)5-9-6(2)10-13-11-9/h8H,4-5H2,1-3H3. The van der Waals surface area contributed by atoms with Crippen molar-refractivity contribution in [2.75, 3.05) is 0 Å². The van der Waals surface area contributed by atoms with Gasteiger partial charge in [-0.1, -0.05) is 17.2 Å². The Morgan fingerprint density at radius 3 is 2.62 bits per heavy atom. The number of carbonyl (C=O) groups excluding carboxylic acids is 1. The van der Waals surface area contributed by atoms with Gasteiger partial charge in [-0.25, -0.2) is 4.63 Å². The first-order chi connectivity index (χ1) is 6.15. The first-order valence-electron chi connectivity index (χ1n) is 4.43.